The molecule has 3 unspecified atom stereocenters. The first-order chi connectivity index (χ1) is 11.7. The lowest BCUT2D eigenvalue weighted by atomic mass is 10.1. The van der Waals surface area contributed by atoms with Gasteiger partial charge in [-0.25, -0.2) is 0 Å². The van der Waals surface area contributed by atoms with Crippen molar-refractivity contribution in [2.45, 2.75) is 50.5 Å². The van der Waals surface area contributed by atoms with Crippen LogP contribution >= 0.6 is 0 Å². The van der Waals surface area contributed by atoms with E-state index in [9.17, 15) is 9.59 Å². The maximum Gasteiger partial charge on any atom is 0.310 e. The summed E-state index contributed by atoms with van der Waals surface area (Å²) in [5, 5.41) is 6.04. The molecular weight excluding hydrogens is 308 g/mol. The van der Waals surface area contributed by atoms with Crippen LogP contribution in [-0.2, 0) is 25.5 Å². The second-order valence-electron chi connectivity index (χ2n) is 6.29. The molecule has 2 fully saturated rings. The number of carbonyl (C=O) groups excluding carboxylic acids is 2. The summed E-state index contributed by atoms with van der Waals surface area (Å²) >= 11 is 0. The van der Waals surface area contributed by atoms with E-state index in [2.05, 4.69) is 22.8 Å². The van der Waals surface area contributed by atoms with Crippen LogP contribution in [0.1, 0.15) is 31.2 Å². The Kier molecular flexibility index (Phi) is 5.82. The largest absolute Gasteiger partial charge is 0.433 e. The number of benzene rings is 1. The standard InChI is InChI=1S/C18H24N2O4/c21-16-12-15(20-17(22)14-9-4-10-19-14)18(24-16)23-11-5-8-13-6-2-1-3-7-13/h1-3,6-7,14-15,18-19H,4-5,8-12H2,(H,20,22). The third-order valence-electron chi connectivity index (χ3n) is 4.40. The van der Waals surface area contributed by atoms with Crippen molar-refractivity contribution < 1.29 is 19.1 Å². The number of hydrogen-bond acceptors (Lipinski definition) is 5. The third-order valence-corrected chi connectivity index (χ3v) is 4.40. The number of hydrogen-bond donors (Lipinski definition) is 2. The van der Waals surface area contributed by atoms with Gasteiger partial charge in [0.25, 0.3) is 0 Å². The lowest BCUT2D eigenvalue weighted by Gasteiger charge is -2.21. The number of cyclic esters (lactones) is 1. The average Bonchev–Trinajstić information content (AvgIpc) is 3.23. The molecule has 2 heterocycles. The van der Waals surface area contributed by atoms with Crippen molar-refractivity contribution in [1.82, 2.24) is 10.6 Å². The second-order valence-corrected chi connectivity index (χ2v) is 6.29. The van der Waals surface area contributed by atoms with Crippen molar-refractivity contribution in [3.8, 4) is 0 Å². The summed E-state index contributed by atoms with van der Waals surface area (Å²) in [5.74, 6) is -0.401. The predicted molar refractivity (Wildman–Crippen MR) is 88.2 cm³/mol. The smallest absolute Gasteiger partial charge is 0.310 e. The van der Waals surface area contributed by atoms with Crippen molar-refractivity contribution in [3.63, 3.8) is 0 Å². The quantitative estimate of drug-likeness (QED) is 0.578. The first-order valence-electron chi connectivity index (χ1n) is 8.61. The number of carbonyl (C=O) groups is 2. The molecule has 6 nitrogen and oxygen atoms in total. The summed E-state index contributed by atoms with van der Waals surface area (Å²) in [4.78, 5) is 23.7. The van der Waals surface area contributed by atoms with Crippen molar-refractivity contribution in [2.24, 2.45) is 0 Å². The minimum atomic E-state index is -0.682. The molecule has 0 aromatic heterocycles. The number of esters is 1. The molecule has 2 N–H and O–H groups in total. The molecule has 1 aromatic carbocycles. The van der Waals surface area contributed by atoms with E-state index in [0.29, 0.717) is 6.61 Å². The molecule has 1 aromatic rings. The topological polar surface area (TPSA) is 76.7 Å². The number of amides is 1. The Bertz CT molecular complexity index is 557. The van der Waals surface area contributed by atoms with Gasteiger partial charge in [-0.3, -0.25) is 9.59 Å². The highest BCUT2D eigenvalue weighted by molar-refractivity contribution is 5.83. The van der Waals surface area contributed by atoms with Crippen LogP contribution in [0, 0.1) is 0 Å². The van der Waals surface area contributed by atoms with Gasteiger partial charge in [0.1, 0.15) is 6.04 Å². The van der Waals surface area contributed by atoms with Crippen LogP contribution in [-0.4, -0.2) is 43.4 Å². The van der Waals surface area contributed by atoms with Crippen LogP contribution in [0.15, 0.2) is 30.3 Å². The summed E-state index contributed by atoms with van der Waals surface area (Å²) in [6.45, 7) is 1.35. The Morgan fingerprint density at radius 2 is 2.17 bits per heavy atom. The van der Waals surface area contributed by atoms with Crippen LogP contribution in [0.4, 0.5) is 0 Å². The Morgan fingerprint density at radius 1 is 1.33 bits per heavy atom. The highest BCUT2D eigenvalue weighted by Crippen LogP contribution is 2.18. The SMILES string of the molecule is O=C1CC(NC(=O)C2CCCN2)C(OCCCc2ccccc2)O1. The highest BCUT2D eigenvalue weighted by atomic mass is 16.7. The summed E-state index contributed by atoms with van der Waals surface area (Å²) in [6.07, 6.45) is 3.06. The zero-order valence-corrected chi connectivity index (χ0v) is 13.7. The average molecular weight is 332 g/mol. The van der Waals surface area contributed by atoms with E-state index in [0.717, 1.165) is 32.2 Å². The molecular formula is C18H24N2O4. The van der Waals surface area contributed by atoms with Gasteiger partial charge in [-0.1, -0.05) is 30.3 Å². The highest BCUT2D eigenvalue weighted by Gasteiger charge is 2.38. The molecule has 130 valence electrons. The number of aryl methyl sites for hydroxylation is 1. The van der Waals surface area contributed by atoms with Gasteiger partial charge in [-0.05, 0) is 37.8 Å². The van der Waals surface area contributed by atoms with Gasteiger partial charge in [0.15, 0.2) is 0 Å². The predicted octanol–water partition coefficient (Wildman–Crippen LogP) is 1.15. The van der Waals surface area contributed by atoms with Crippen molar-refractivity contribution >= 4 is 11.9 Å². The Hall–Kier alpha value is -1.92. The third kappa shape index (κ3) is 4.55. The second kappa shape index (κ2) is 8.26. The van der Waals surface area contributed by atoms with Gasteiger partial charge < -0.3 is 20.1 Å². The summed E-state index contributed by atoms with van der Waals surface area (Å²) in [7, 11) is 0. The van der Waals surface area contributed by atoms with Gasteiger partial charge in [0.2, 0.25) is 12.2 Å². The van der Waals surface area contributed by atoms with E-state index in [1.807, 2.05) is 18.2 Å². The maximum atomic E-state index is 12.2. The number of rotatable bonds is 7. The van der Waals surface area contributed by atoms with E-state index >= 15 is 0 Å². The molecule has 0 spiro atoms. The zero-order valence-electron chi connectivity index (χ0n) is 13.7. The fraction of sp³-hybridized carbons (Fsp3) is 0.556. The van der Waals surface area contributed by atoms with Crippen LogP contribution in [0.3, 0.4) is 0 Å². The van der Waals surface area contributed by atoms with Crippen LogP contribution in [0.5, 0.6) is 0 Å². The van der Waals surface area contributed by atoms with Crippen LogP contribution in [0.25, 0.3) is 0 Å². The zero-order chi connectivity index (χ0) is 16.8. The normalized spacial score (nSPS) is 26.3. The minimum Gasteiger partial charge on any atom is -0.433 e. The fourth-order valence-corrected chi connectivity index (χ4v) is 3.12. The van der Waals surface area contributed by atoms with Gasteiger partial charge in [-0.15, -0.1) is 0 Å². The lowest BCUT2D eigenvalue weighted by Crippen LogP contribution is -2.48. The van der Waals surface area contributed by atoms with E-state index in [4.69, 9.17) is 9.47 Å². The molecule has 2 aliphatic heterocycles. The molecule has 6 heteroatoms. The Balaban J connectivity index is 1.42. The van der Waals surface area contributed by atoms with Gasteiger partial charge in [0.05, 0.1) is 19.1 Å². The van der Waals surface area contributed by atoms with E-state index in [1.165, 1.54) is 5.56 Å². The molecule has 0 saturated carbocycles. The van der Waals surface area contributed by atoms with Crippen molar-refractivity contribution in [2.75, 3.05) is 13.2 Å². The molecule has 3 atom stereocenters. The number of ether oxygens (including phenoxy) is 2. The molecule has 2 aliphatic rings. The van der Waals surface area contributed by atoms with E-state index in [1.54, 1.807) is 0 Å². The molecule has 1 amide bonds. The van der Waals surface area contributed by atoms with Crippen LogP contribution < -0.4 is 10.6 Å². The summed E-state index contributed by atoms with van der Waals surface area (Å²) in [5.41, 5.74) is 1.25. The Morgan fingerprint density at radius 3 is 2.92 bits per heavy atom. The molecule has 3 rings (SSSR count). The Labute approximate surface area is 141 Å². The maximum absolute atomic E-state index is 12.2. The monoisotopic (exact) mass is 332 g/mol. The number of nitrogens with one attached hydrogen (secondary N) is 2. The van der Waals surface area contributed by atoms with E-state index in [-0.39, 0.29) is 24.3 Å². The lowest BCUT2D eigenvalue weighted by molar-refractivity contribution is -0.165. The van der Waals surface area contributed by atoms with Crippen molar-refractivity contribution in [1.29, 1.82) is 0 Å². The van der Waals surface area contributed by atoms with Crippen LogP contribution in [0.2, 0.25) is 0 Å². The first kappa shape index (κ1) is 16.9. The van der Waals surface area contributed by atoms with E-state index < -0.39 is 12.3 Å². The van der Waals surface area contributed by atoms with Gasteiger partial charge in [-0.2, -0.15) is 0 Å². The summed E-state index contributed by atoms with van der Waals surface area (Å²) < 4.78 is 10.9. The molecule has 0 bridgehead atoms. The molecule has 0 aliphatic carbocycles. The first-order valence-corrected chi connectivity index (χ1v) is 8.61. The van der Waals surface area contributed by atoms with Crippen molar-refractivity contribution in [3.05, 3.63) is 35.9 Å². The molecule has 0 radical (unpaired) electrons. The molecule has 2 saturated heterocycles. The van der Waals surface area contributed by atoms with Gasteiger partial charge in [0, 0.05) is 0 Å². The fourth-order valence-electron chi connectivity index (χ4n) is 3.12. The van der Waals surface area contributed by atoms with Gasteiger partial charge >= 0.3 is 5.97 Å². The minimum absolute atomic E-state index is 0.0753. The summed E-state index contributed by atoms with van der Waals surface area (Å²) in [6, 6.07) is 9.60. The molecule has 24 heavy (non-hydrogen) atoms.